The van der Waals surface area contributed by atoms with Crippen molar-refractivity contribution in [2.75, 3.05) is 52.1 Å². The van der Waals surface area contributed by atoms with Crippen molar-refractivity contribution in [1.82, 2.24) is 9.80 Å². The van der Waals surface area contributed by atoms with Crippen LogP contribution in [0.4, 0.5) is 8.78 Å². The molecule has 1 aliphatic heterocycles. The molecule has 2 unspecified atom stereocenters. The molecule has 4 rings (SSSR count). The Kier molecular flexibility index (Phi) is 9.80. The van der Waals surface area contributed by atoms with Crippen molar-refractivity contribution >= 4 is 10.8 Å². The van der Waals surface area contributed by atoms with Gasteiger partial charge in [-0.25, -0.2) is 8.78 Å². The van der Waals surface area contributed by atoms with Crippen LogP contribution in [0, 0.1) is 11.6 Å². The summed E-state index contributed by atoms with van der Waals surface area (Å²) >= 11 is 0. The van der Waals surface area contributed by atoms with Gasteiger partial charge in [-0.15, -0.1) is 0 Å². The van der Waals surface area contributed by atoms with Gasteiger partial charge in [0.25, 0.3) is 0 Å². The largest absolute Gasteiger partial charge is 0.497 e. The third kappa shape index (κ3) is 7.92. The number of rotatable bonds is 11. The van der Waals surface area contributed by atoms with Gasteiger partial charge in [0.1, 0.15) is 17.4 Å². The summed E-state index contributed by atoms with van der Waals surface area (Å²) < 4.78 is 45.6. The second-order valence-corrected chi connectivity index (χ2v) is 11.1. The number of hydrogen-bond donors (Lipinski definition) is 1. The van der Waals surface area contributed by atoms with Crippen molar-refractivity contribution in [3.63, 3.8) is 0 Å². The number of nitrogens with zero attached hydrogens (tertiary/aromatic N) is 2. The van der Waals surface area contributed by atoms with E-state index in [1.165, 1.54) is 24.3 Å². The number of methoxy groups -OCH3 is 1. The molecule has 8 heteroatoms. The minimum Gasteiger partial charge on any atom is -0.497 e. The van der Waals surface area contributed by atoms with E-state index in [-0.39, 0.29) is 11.6 Å². The van der Waals surface area contributed by atoms with E-state index in [0.29, 0.717) is 25.3 Å². The first-order valence-corrected chi connectivity index (χ1v) is 13.9. The Balaban J connectivity index is 1.27. The maximum Gasteiger partial charge on any atom is 0.123 e. The molecule has 3 aromatic rings. The summed E-state index contributed by atoms with van der Waals surface area (Å²) in [6.07, 6.45) is 0.150. The lowest BCUT2D eigenvalue weighted by Gasteiger charge is -2.35. The molecule has 0 bridgehead atoms. The highest BCUT2D eigenvalue weighted by molar-refractivity contribution is 7.85. The van der Waals surface area contributed by atoms with Gasteiger partial charge in [0.2, 0.25) is 0 Å². The molecule has 0 spiro atoms. The zero-order chi connectivity index (χ0) is 26.2. The molecule has 0 saturated carbocycles. The molecule has 2 atom stereocenters. The molecule has 0 aliphatic carbocycles. The first-order valence-electron chi connectivity index (χ1n) is 12.5. The first kappa shape index (κ1) is 27.4. The van der Waals surface area contributed by atoms with Gasteiger partial charge in [0, 0.05) is 55.8 Å². The van der Waals surface area contributed by atoms with Crippen LogP contribution in [-0.2, 0) is 17.2 Å². The second-order valence-electron chi connectivity index (χ2n) is 9.42. The summed E-state index contributed by atoms with van der Waals surface area (Å²) in [5.41, 5.74) is 2.58. The molecule has 1 fully saturated rings. The van der Waals surface area contributed by atoms with Crippen LogP contribution in [0.15, 0.2) is 72.8 Å². The molecule has 37 heavy (non-hydrogen) atoms. The summed E-state index contributed by atoms with van der Waals surface area (Å²) in [7, 11) is 0.369. The van der Waals surface area contributed by atoms with E-state index in [4.69, 9.17) is 4.74 Å². The molecule has 0 amide bonds. The van der Waals surface area contributed by atoms with E-state index in [1.54, 1.807) is 31.4 Å². The van der Waals surface area contributed by atoms with E-state index in [2.05, 4.69) is 9.80 Å². The summed E-state index contributed by atoms with van der Waals surface area (Å²) in [6.45, 7) is 4.64. The molecule has 1 N–H and O–H groups in total. The van der Waals surface area contributed by atoms with Crippen molar-refractivity contribution in [2.45, 2.75) is 17.8 Å². The van der Waals surface area contributed by atoms with Crippen molar-refractivity contribution in [2.24, 2.45) is 0 Å². The average Bonchev–Trinajstić information content (AvgIpc) is 2.91. The van der Waals surface area contributed by atoms with Crippen molar-refractivity contribution < 1.29 is 22.8 Å². The Morgan fingerprint density at radius 1 is 0.838 bits per heavy atom. The fourth-order valence-electron chi connectivity index (χ4n) is 4.70. The molecule has 0 radical (unpaired) electrons. The Labute approximate surface area is 220 Å². The maximum absolute atomic E-state index is 13.5. The minimum absolute atomic E-state index is 0.348. The van der Waals surface area contributed by atoms with Gasteiger partial charge < -0.3 is 9.84 Å². The highest BCUT2D eigenvalue weighted by atomic mass is 32.2. The molecule has 1 saturated heterocycles. The number of hydrogen-bond acceptors (Lipinski definition) is 5. The second kappa shape index (κ2) is 13.2. The van der Waals surface area contributed by atoms with Crippen molar-refractivity contribution in [1.29, 1.82) is 0 Å². The van der Waals surface area contributed by atoms with Crippen LogP contribution in [0.2, 0.25) is 0 Å². The molecular weight excluding hydrogens is 494 g/mol. The number of β-amino-alcohol motifs (C(OH)–C–C–N with tert-alkyl or cyclic N) is 1. The third-order valence-electron chi connectivity index (χ3n) is 6.78. The normalized spacial score (nSPS) is 16.6. The number of benzene rings is 3. The molecule has 5 nitrogen and oxygen atoms in total. The predicted molar refractivity (Wildman–Crippen MR) is 143 cm³/mol. The lowest BCUT2D eigenvalue weighted by Crippen LogP contribution is -2.49. The van der Waals surface area contributed by atoms with E-state index in [0.717, 1.165) is 48.6 Å². The lowest BCUT2D eigenvalue weighted by molar-refractivity contribution is 0.0750. The van der Waals surface area contributed by atoms with E-state index >= 15 is 0 Å². The van der Waals surface area contributed by atoms with Gasteiger partial charge in [-0.3, -0.25) is 14.0 Å². The van der Waals surface area contributed by atoms with Gasteiger partial charge in [-0.05, 0) is 59.5 Å². The monoisotopic (exact) mass is 528 g/mol. The van der Waals surface area contributed by atoms with Crippen LogP contribution in [0.3, 0.4) is 0 Å². The minimum atomic E-state index is -1.27. The van der Waals surface area contributed by atoms with Gasteiger partial charge in [0.15, 0.2) is 0 Å². The van der Waals surface area contributed by atoms with Crippen LogP contribution in [0.25, 0.3) is 0 Å². The number of piperazine rings is 1. The van der Waals surface area contributed by atoms with E-state index in [1.807, 2.05) is 24.3 Å². The molecule has 0 aromatic heterocycles. The lowest BCUT2D eigenvalue weighted by atomic mass is 10.0. The summed E-state index contributed by atoms with van der Waals surface area (Å²) in [6, 6.07) is 19.8. The van der Waals surface area contributed by atoms with Crippen molar-refractivity contribution in [3.05, 3.63) is 101 Å². The number of aliphatic hydroxyl groups is 1. The number of aliphatic hydroxyl groups excluding tert-OH is 1. The Bertz CT molecular complexity index is 1090. The highest BCUT2D eigenvalue weighted by Gasteiger charge is 2.24. The molecule has 198 valence electrons. The smallest absolute Gasteiger partial charge is 0.123 e. The SMILES string of the molecule is COc1ccc(CC(O)CN2CCN(CCS(=O)C(c3ccc(F)cc3)c3ccc(F)cc3)CC2)cc1. The summed E-state index contributed by atoms with van der Waals surface area (Å²) in [4.78, 5) is 4.55. The van der Waals surface area contributed by atoms with Gasteiger partial charge in [-0.2, -0.15) is 0 Å². The molecular formula is C29H34F2N2O3S. The summed E-state index contributed by atoms with van der Waals surface area (Å²) in [5.74, 6) is 0.565. The first-order chi connectivity index (χ1) is 17.9. The Morgan fingerprint density at radius 2 is 1.35 bits per heavy atom. The van der Waals surface area contributed by atoms with E-state index in [9.17, 15) is 18.1 Å². The Hall–Kier alpha value is -2.65. The van der Waals surface area contributed by atoms with Crippen LogP contribution in [0.1, 0.15) is 21.9 Å². The zero-order valence-corrected chi connectivity index (χ0v) is 21.9. The average molecular weight is 529 g/mol. The topological polar surface area (TPSA) is 53.0 Å². The van der Waals surface area contributed by atoms with Gasteiger partial charge in [0.05, 0.1) is 18.5 Å². The summed E-state index contributed by atoms with van der Waals surface area (Å²) in [5, 5.41) is 10.1. The maximum atomic E-state index is 13.5. The number of ether oxygens (including phenoxy) is 1. The Morgan fingerprint density at radius 3 is 1.86 bits per heavy atom. The van der Waals surface area contributed by atoms with Gasteiger partial charge in [-0.1, -0.05) is 36.4 Å². The van der Waals surface area contributed by atoms with E-state index < -0.39 is 22.2 Å². The van der Waals surface area contributed by atoms with Crippen LogP contribution in [-0.4, -0.2) is 77.4 Å². The third-order valence-corrected chi connectivity index (χ3v) is 8.44. The fraction of sp³-hybridized carbons (Fsp3) is 0.379. The fourth-order valence-corrected chi connectivity index (χ4v) is 6.30. The highest BCUT2D eigenvalue weighted by Crippen LogP contribution is 2.29. The molecule has 1 heterocycles. The van der Waals surface area contributed by atoms with Crippen LogP contribution >= 0.6 is 0 Å². The predicted octanol–water partition coefficient (Wildman–Crippen LogP) is 4.03. The van der Waals surface area contributed by atoms with Gasteiger partial charge >= 0.3 is 0 Å². The quantitative estimate of drug-likeness (QED) is 0.407. The van der Waals surface area contributed by atoms with Crippen LogP contribution < -0.4 is 4.74 Å². The number of halogens is 2. The van der Waals surface area contributed by atoms with Crippen LogP contribution in [0.5, 0.6) is 5.75 Å². The standard InChI is InChI=1S/C29H34F2N2O3S/c1-36-28-12-2-22(3-13-28)20-27(34)21-33-16-14-32(15-17-33)18-19-37(35)29(23-4-8-25(30)9-5-23)24-6-10-26(31)11-7-24/h2-13,27,29,34H,14-21H2,1H3. The van der Waals surface area contributed by atoms with Crippen molar-refractivity contribution in [3.8, 4) is 5.75 Å². The molecule has 1 aliphatic rings. The molecule has 3 aromatic carbocycles. The zero-order valence-electron chi connectivity index (χ0n) is 21.1.